The number of halogens is 3. The highest BCUT2D eigenvalue weighted by Gasteiger charge is 2.41. The lowest BCUT2D eigenvalue weighted by atomic mass is 10.1. The summed E-state index contributed by atoms with van der Waals surface area (Å²) in [6.45, 7) is 1.23. The standard InChI is InChI=1S/C21H24F2N2O3.ClH/c1-27-8-7-24-20(26)12-25-19-11-16(19)17-9-15(22)10-18(23)21(17)28-13-14-5-3-2-4-6-14;/h2-6,9-10,16,19,25H,7-8,11-13H2,1H3,(H,24,26);1H/t16-,19+;/m0./s1. The van der Waals surface area contributed by atoms with Crippen molar-refractivity contribution in [2.45, 2.75) is 25.0 Å². The van der Waals surface area contributed by atoms with Crippen molar-refractivity contribution in [3.05, 3.63) is 65.2 Å². The molecule has 3 rings (SSSR count). The molecule has 2 aromatic rings. The summed E-state index contributed by atoms with van der Waals surface area (Å²) >= 11 is 0. The van der Waals surface area contributed by atoms with E-state index in [0.29, 0.717) is 25.1 Å². The number of amides is 1. The van der Waals surface area contributed by atoms with Gasteiger partial charge in [-0.1, -0.05) is 30.3 Å². The van der Waals surface area contributed by atoms with Crippen molar-refractivity contribution in [1.82, 2.24) is 10.6 Å². The van der Waals surface area contributed by atoms with Crippen LogP contribution in [0.2, 0.25) is 0 Å². The minimum atomic E-state index is -0.714. The minimum Gasteiger partial charge on any atom is -0.486 e. The van der Waals surface area contributed by atoms with Gasteiger partial charge in [0.1, 0.15) is 12.4 Å². The van der Waals surface area contributed by atoms with Gasteiger partial charge in [0.2, 0.25) is 5.91 Å². The van der Waals surface area contributed by atoms with E-state index in [1.165, 1.54) is 6.07 Å². The molecular weight excluding hydrogens is 402 g/mol. The Morgan fingerprint density at radius 1 is 1.21 bits per heavy atom. The molecule has 1 fully saturated rings. The van der Waals surface area contributed by atoms with E-state index >= 15 is 0 Å². The molecule has 0 heterocycles. The molecule has 0 radical (unpaired) electrons. The van der Waals surface area contributed by atoms with Crippen molar-refractivity contribution in [3.63, 3.8) is 0 Å². The molecule has 8 heteroatoms. The summed E-state index contributed by atoms with van der Waals surface area (Å²) in [5.41, 5.74) is 1.39. The number of benzene rings is 2. The molecule has 2 N–H and O–H groups in total. The van der Waals surface area contributed by atoms with Crippen molar-refractivity contribution in [3.8, 4) is 5.75 Å². The van der Waals surface area contributed by atoms with Gasteiger partial charge in [0.25, 0.3) is 0 Å². The van der Waals surface area contributed by atoms with Crippen LogP contribution in [0.4, 0.5) is 8.78 Å². The number of nitrogens with one attached hydrogen (secondary N) is 2. The molecule has 1 aliphatic carbocycles. The van der Waals surface area contributed by atoms with Crippen molar-refractivity contribution in [2.75, 3.05) is 26.8 Å². The lowest BCUT2D eigenvalue weighted by Gasteiger charge is -2.13. The third-order valence-electron chi connectivity index (χ3n) is 4.61. The topological polar surface area (TPSA) is 59.6 Å². The Balaban J connectivity index is 0.00000300. The van der Waals surface area contributed by atoms with Gasteiger partial charge in [-0.05, 0) is 18.1 Å². The van der Waals surface area contributed by atoms with Gasteiger partial charge in [0.05, 0.1) is 13.2 Å². The van der Waals surface area contributed by atoms with Crippen LogP contribution < -0.4 is 15.4 Å². The highest BCUT2D eigenvalue weighted by atomic mass is 35.5. The van der Waals surface area contributed by atoms with Crippen molar-refractivity contribution in [2.24, 2.45) is 0 Å². The highest BCUT2D eigenvalue weighted by molar-refractivity contribution is 5.85. The fraction of sp³-hybridized carbons (Fsp3) is 0.381. The maximum Gasteiger partial charge on any atom is 0.234 e. The summed E-state index contributed by atoms with van der Waals surface area (Å²) in [5.74, 6) is -1.52. The Morgan fingerprint density at radius 3 is 2.69 bits per heavy atom. The minimum absolute atomic E-state index is 0. The van der Waals surface area contributed by atoms with Gasteiger partial charge in [-0.2, -0.15) is 0 Å². The second-order valence-electron chi connectivity index (χ2n) is 6.75. The maximum atomic E-state index is 14.4. The van der Waals surface area contributed by atoms with Crippen LogP contribution in [0.5, 0.6) is 5.75 Å². The molecule has 0 aliphatic heterocycles. The van der Waals surface area contributed by atoms with E-state index in [9.17, 15) is 13.6 Å². The smallest absolute Gasteiger partial charge is 0.234 e. The van der Waals surface area contributed by atoms with Crippen LogP contribution in [0.3, 0.4) is 0 Å². The van der Waals surface area contributed by atoms with E-state index < -0.39 is 11.6 Å². The second-order valence-corrected chi connectivity index (χ2v) is 6.75. The molecule has 5 nitrogen and oxygen atoms in total. The predicted octanol–water partition coefficient (Wildman–Crippen LogP) is 3.17. The summed E-state index contributed by atoms with van der Waals surface area (Å²) in [4.78, 5) is 11.8. The quantitative estimate of drug-likeness (QED) is 0.573. The number of carbonyl (C=O) groups is 1. The normalized spacial score (nSPS) is 17.3. The van der Waals surface area contributed by atoms with Gasteiger partial charge < -0.3 is 20.1 Å². The van der Waals surface area contributed by atoms with E-state index in [0.717, 1.165) is 11.6 Å². The van der Waals surface area contributed by atoms with Crippen LogP contribution in [-0.2, 0) is 16.1 Å². The van der Waals surface area contributed by atoms with Crippen molar-refractivity contribution in [1.29, 1.82) is 0 Å². The number of rotatable bonds is 10. The monoisotopic (exact) mass is 426 g/mol. The van der Waals surface area contributed by atoms with Gasteiger partial charge in [-0.25, -0.2) is 8.78 Å². The second kappa shape index (κ2) is 11.1. The first-order valence-electron chi connectivity index (χ1n) is 9.23. The SMILES string of the molecule is COCCNC(=O)CN[C@@H]1C[C@H]1c1cc(F)cc(F)c1OCc1ccccc1.Cl. The molecule has 2 aromatic carbocycles. The average Bonchev–Trinajstić information content (AvgIpc) is 3.46. The van der Waals surface area contributed by atoms with Gasteiger partial charge in [-0.15, -0.1) is 12.4 Å². The Morgan fingerprint density at radius 2 is 1.97 bits per heavy atom. The first-order chi connectivity index (χ1) is 13.6. The zero-order chi connectivity index (χ0) is 19.9. The average molecular weight is 427 g/mol. The number of hydrogen-bond donors (Lipinski definition) is 2. The van der Waals surface area contributed by atoms with Gasteiger partial charge in [-0.3, -0.25) is 4.79 Å². The Bertz CT molecular complexity index is 808. The van der Waals surface area contributed by atoms with Crippen LogP contribution in [0.15, 0.2) is 42.5 Å². The largest absolute Gasteiger partial charge is 0.486 e. The molecule has 1 aliphatic rings. The Kier molecular flexibility index (Phi) is 8.82. The Labute approximate surface area is 175 Å². The fourth-order valence-electron chi connectivity index (χ4n) is 3.08. The zero-order valence-corrected chi connectivity index (χ0v) is 16.9. The lowest BCUT2D eigenvalue weighted by molar-refractivity contribution is -0.120. The van der Waals surface area contributed by atoms with Gasteiger partial charge >= 0.3 is 0 Å². The molecule has 0 unspecified atom stereocenters. The number of methoxy groups -OCH3 is 1. The molecule has 29 heavy (non-hydrogen) atoms. The summed E-state index contributed by atoms with van der Waals surface area (Å²) < 4.78 is 38.7. The van der Waals surface area contributed by atoms with Crippen LogP contribution in [-0.4, -0.2) is 38.8 Å². The maximum absolute atomic E-state index is 14.4. The molecule has 0 spiro atoms. The van der Waals surface area contributed by atoms with Crippen LogP contribution >= 0.6 is 12.4 Å². The Hall–Kier alpha value is -2.22. The molecule has 158 valence electrons. The van der Waals surface area contributed by atoms with E-state index in [-0.39, 0.29) is 49.2 Å². The fourth-order valence-corrected chi connectivity index (χ4v) is 3.08. The number of hydrogen-bond acceptors (Lipinski definition) is 4. The molecule has 0 saturated heterocycles. The van der Waals surface area contributed by atoms with E-state index in [1.807, 2.05) is 30.3 Å². The van der Waals surface area contributed by atoms with Crippen molar-refractivity contribution < 1.29 is 23.0 Å². The van der Waals surface area contributed by atoms with E-state index in [4.69, 9.17) is 9.47 Å². The molecule has 1 amide bonds. The predicted molar refractivity (Wildman–Crippen MR) is 108 cm³/mol. The first kappa shape index (κ1) is 23.1. The lowest BCUT2D eigenvalue weighted by Crippen LogP contribution is -2.36. The number of carbonyl (C=O) groups excluding carboxylic acids is 1. The van der Waals surface area contributed by atoms with Crippen LogP contribution in [0, 0.1) is 11.6 Å². The molecule has 0 bridgehead atoms. The van der Waals surface area contributed by atoms with E-state index in [1.54, 1.807) is 7.11 Å². The van der Waals surface area contributed by atoms with Crippen LogP contribution in [0.1, 0.15) is 23.5 Å². The van der Waals surface area contributed by atoms with Gasteiger partial charge in [0.15, 0.2) is 11.6 Å². The zero-order valence-electron chi connectivity index (χ0n) is 16.1. The first-order valence-corrected chi connectivity index (χ1v) is 9.23. The van der Waals surface area contributed by atoms with E-state index in [2.05, 4.69) is 10.6 Å². The summed E-state index contributed by atoms with van der Waals surface area (Å²) in [6.07, 6.45) is 0.690. The molecule has 2 atom stereocenters. The third-order valence-corrected chi connectivity index (χ3v) is 4.61. The highest BCUT2D eigenvalue weighted by Crippen LogP contribution is 2.46. The molecule has 1 saturated carbocycles. The third kappa shape index (κ3) is 6.66. The molecular formula is C21H25ClF2N2O3. The van der Waals surface area contributed by atoms with Gasteiger partial charge in [0, 0.05) is 37.2 Å². The summed E-state index contributed by atoms with van der Waals surface area (Å²) in [5, 5.41) is 5.84. The number of ether oxygens (including phenoxy) is 2. The summed E-state index contributed by atoms with van der Waals surface area (Å²) in [6, 6.07) is 11.5. The summed E-state index contributed by atoms with van der Waals surface area (Å²) in [7, 11) is 1.56. The van der Waals surface area contributed by atoms with Crippen LogP contribution in [0.25, 0.3) is 0 Å². The van der Waals surface area contributed by atoms with Crippen molar-refractivity contribution >= 4 is 18.3 Å². The molecule has 0 aromatic heterocycles.